The maximum Gasteiger partial charge on any atom is 0.191 e. The topological polar surface area (TPSA) is 45.7 Å². The van der Waals surface area contributed by atoms with Gasteiger partial charge in [0.15, 0.2) is 5.96 Å². The third-order valence-corrected chi connectivity index (χ3v) is 2.55. The first-order valence-electron chi connectivity index (χ1n) is 6.78. The van der Waals surface area contributed by atoms with Crippen LogP contribution in [-0.4, -0.2) is 32.2 Å². The molecule has 0 atom stereocenters. The van der Waals surface area contributed by atoms with Gasteiger partial charge in [0.05, 0.1) is 6.61 Å². The molecule has 114 valence electrons. The normalized spacial score (nSPS) is 10.9. The third kappa shape index (κ3) is 8.24. The number of halogens is 1. The lowest BCUT2D eigenvalue weighted by atomic mass is 10.2. The molecule has 2 N–H and O–H groups in total. The molecule has 0 unspecified atom stereocenters. The number of benzene rings is 1. The van der Waals surface area contributed by atoms with Crippen molar-refractivity contribution >= 4 is 29.9 Å². The Bertz CT molecular complexity index is 391. The number of nitrogens with zero attached hydrogens (tertiary/aromatic N) is 1. The van der Waals surface area contributed by atoms with Gasteiger partial charge < -0.3 is 15.4 Å². The molecule has 0 aromatic heterocycles. The number of hydrogen-bond donors (Lipinski definition) is 2. The highest BCUT2D eigenvalue weighted by molar-refractivity contribution is 14.0. The first-order valence-corrected chi connectivity index (χ1v) is 6.78. The Kier molecular flexibility index (Phi) is 10.2. The standard InChI is InChI=1S/C15H25N3O.HI/c1-12(2)18-15(16-4)17-10-5-11-19-14-8-6-13(3)7-9-14;/h6-9,12H,5,10-11H2,1-4H3,(H2,16,17,18);1H. The number of aliphatic imine (C=N–C) groups is 1. The summed E-state index contributed by atoms with van der Waals surface area (Å²) >= 11 is 0. The van der Waals surface area contributed by atoms with Crippen molar-refractivity contribution < 1.29 is 4.74 Å². The number of hydrogen-bond acceptors (Lipinski definition) is 2. The third-order valence-electron chi connectivity index (χ3n) is 2.55. The summed E-state index contributed by atoms with van der Waals surface area (Å²) < 4.78 is 5.66. The molecule has 0 saturated heterocycles. The van der Waals surface area contributed by atoms with Gasteiger partial charge in [0.25, 0.3) is 0 Å². The van der Waals surface area contributed by atoms with Crippen molar-refractivity contribution in [2.45, 2.75) is 33.2 Å². The number of nitrogens with one attached hydrogen (secondary N) is 2. The molecule has 1 aromatic carbocycles. The summed E-state index contributed by atoms with van der Waals surface area (Å²) in [4.78, 5) is 4.15. The smallest absolute Gasteiger partial charge is 0.191 e. The Hall–Kier alpha value is -0.980. The fraction of sp³-hybridized carbons (Fsp3) is 0.533. The summed E-state index contributed by atoms with van der Waals surface area (Å²) in [5.41, 5.74) is 1.25. The number of guanidine groups is 1. The lowest BCUT2D eigenvalue weighted by Crippen LogP contribution is -2.41. The lowest BCUT2D eigenvalue weighted by molar-refractivity contribution is 0.311. The molecule has 0 radical (unpaired) electrons. The van der Waals surface area contributed by atoms with Gasteiger partial charge in [-0.25, -0.2) is 0 Å². The van der Waals surface area contributed by atoms with Crippen molar-refractivity contribution in [3.63, 3.8) is 0 Å². The van der Waals surface area contributed by atoms with Gasteiger partial charge in [-0.3, -0.25) is 4.99 Å². The van der Waals surface area contributed by atoms with Crippen LogP contribution >= 0.6 is 24.0 Å². The lowest BCUT2D eigenvalue weighted by Gasteiger charge is -2.14. The minimum absolute atomic E-state index is 0. The van der Waals surface area contributed by atoms with Gasteiger partial charge >= 0.3 is 0 Å². The highest BCUT2D eigenvalue weighted by atomic mass is 127. The van der Waals surface area contributed by atoms with E-state index in [-0.39, 0.29) is 24.0 Å². The molecule has 1 rings (SSSR count). The zero-order chi connectivity index (χ0) is 14.1. The maximum atomic E-state index is 5.66. The predicted octanol–water partition coefficient (Wildman–Crippen LogP) is 2.96. The molecule has 4 nitrogen and oxygen atoms in total. The largest absolute Gasteiger partial charge is 0.494 e. The van der Waals surface area contributed by atoms with Crippen LogP contribution in [0.25, 0.3) is 0 Å². The van der Waals surface area contributed by atoms with Crippen LogP contribution in [0, 0.1) is 6.92 Å². The molecular formula is C15H26IN3O. The Morgan fingerprint density at radius 2 is 1.90 bits per heavy atom. The van der Waals surface area contributed by atoms with Crippen LogP contribution in [0.3, 0.4) is 0 Å². The van der Waals surface area contributed by atoms with Crippen molar-refractivity contribution in [3.8, 4) is 5.75 Å². The van der Waals surface area contributed by atoms with Gasteiger partial charge in [0.1, 0.15) is 5.75 Å². The van der Waals surface area contributed by atoms with Gasteiger partial charge in [-0.15, -0.1) is 24.0 Å². The molecule has 20 heavy (non-hydrogen) atoms. The Labute approximate surface area is 139 Å². The maximum absolute atomic E-state index is 5.66. The minimum atomic E-state index is 0. The molecular weight excluding hydrogens is 365 g/mol. The van der Waals surface area contributed by atoms with E-state index >= 15 is 0 Å². The van der Waals surface area contributed by atoms with Crippen LogP contribution in [0.15, 0.2) is 29.3 Å². The molecule has 0 bridgehead atoms. The molecule has 5 heteroatoms. The molecule has 0 fully saturated rings. The second-order valence-electron chi connectivity index (χ2n) is 4.81. The van der Waals surface area contributed by atoms with Crippen LogP contribution in [0.1, 0.15) is 25.8 Å². The van der Waals surface area contributed by atoms with Gasteiger partial charge in [-0.05, 0) is 39.3 Å². The molecule has 0 heterocycles. The fourth-order valence-electron chi connectivity index (χ4n) is 1.57. The Morgan fingerprint density at radius 3 is 2.45 bits per heavy atom. The molecule has 1 aromatic rings. The Morgan fingerprint density at radius 1 is 1.25 bits per heavy atom. The number of rotatable bonds is 6. The summed E-state index contributed by atoms with van der Waals surface area (Å²) in [7, 11) is 1.78. The van der Waals surface area contributed by atoms with E-state index in [0.717, 1.165) is 24.7 Å². The summed E-state index contributed by atoms with van der Waals surface area (Å²) in [5.74, 6) is 1.76. The highest BCUT2D eigenvalue weighted by Crippen LogP contribution is 2.11. The second-order valence-corrected chi connectivity index (χ2v) is 4.81. The molecule has 0 aliphatic rings. The number of aryl methyl sites for hydroxylation is 1. The molecule has 0 amide bonds. The second kappa shape index (κ2) is 10.8. The van der Waals surface area contributed by atoms with Crippen molar-refractivity contribution in [2.24, 2.45) is 4.99 Å². The fourth-order valence-corrected chi connectivity index (χ4v) is 1.57. The first kappa shape index (κ1) is 19.0. The zero-order valence-electron chi connectivity index (χ0n) is 12.8. The summed E-state index contributed by atoms with van der Waals surface area (Å²) in [5, 5.41) is 6.50. The van der Waals surface area contributed by atoms with Gasteiger partial charge in [0, 0.05) is 19.6 Å². The predicted molar refractivity (Wildman–Crippen MR) is 96.3 cm³/mol. The average molecular weight is 391 g/mol. The summed E-state index contributed by atoms with van der Waals surface area (Å²) in [6.45, 7) is 7.80. The van der Waals surface area contributed by atoms with Crippen LogP contribution in [0.5, 0.6) is 5.75 Å². The van der Waals surface area contributed by atoms with Crippen LogP contribution in [-0.2, 0) is 0 Å². The van der Waals surface area contributed by atoms with Gasteiger partial charge in [-0.1, -0.05) is 17.7 Å². The molecule has 0 aliphatic carbocycles. The minimum Gasteiger partial charge on any atom is -0.494 e. The average Bonchev–Trinajstić information content (AvgIpc) is 2.38. The molecule has 0 aliphatic heterocycles. The molecule has 0 saturated carbocycles. The van der Waals surface area contributed by atoms with E-state index in [2.05, 4.69) is 48.5 Å². The first-order chi connectivity index (χ1) is 9.11. The van der Waals surface area contributed by atoms with E-state index < -0.39 is 0 Å². The zero-order valence-corrected chi connectivity index (χ0v) is 15.1. The van der Waals surface area contributed by atoms with Crippen molar-refractivity contribution in [2.75, 3.05) is 20.2 Å². The van der Waals surface area contributed by atoms with E-state index in [1.165, 1.54) is 5.56 Å². The quantitative estimate of drug-likeness (QED) is 0.339. The van der Waals surface area contributed by atoms with E-state index in [1.54, 1.807) is 7.05 Å². The molecule has 0 spiro atoms. The summed E-state index contributed by atoms with van der Waals surface area (Å²) in [6.07, 6.45) is 0.937. The van der Waals surface area contributed by atoms with Gasteiger partial charge in [0.2, 0.25) is 0 Å². The van der Waals surface area contributed by atoms with E-state index in [1.807, 2.05) is 12.1 Å². The van der Waals surface area contributed by atoms with E-state index in [4.69, 9.17) is 4.74 Å². The Balaban J connectivity index is 0.00000361. The highest BCUT2D eigenvalue weighted by Gasteiger charge is 1.99. The monoisotopic (exact) mass is 391 g/mol. The van der Waals surface area contributed by atoms with E-state index in [0.29, 0.717) is 12.6 Å². The van der Waals surface area contributed by atoms with Crippen molar-refractivity contribution in [1.82, 2.24) is 10.6 Å². The number of ether oxygens (including phenoxy) is 1. The van der Waals surface area contributed by atoms with Crippen LogP contribution < -0.4 is 15.4 Å². The van der Waals surface area contributed by atoms with Crippen LogP contribution in [0.2, 0.25) is 0 Å². The van der Waals surface area contributed by atoms with Crippen LogP contribution in [0.4, 0.5) is 0 Å². The SMILES string of the molecule is CN=C(NCCCOc1ccc(C)cc1)NC(C)C.I. The van der Waals surface area contributed by atoms with E-state index in [9.17, 15) is 0 Å². The summed E-state index contributed by atoms with van der Waals surface area (Å²) in [6, 6.07) is 8.50. The van der Waals surface area contributed by atoms with Gasteiger partial charge in [-0.2, -0.15) is 0 Å². The van der Waals surface area contributed by atoms with Crippen molar-refractivity contribution in [3.05, 3.63) is 29.8 Å². The van der Waals surface area contributed by atoms with Crippen molar-refractivity contribution in [1.29, 1.82) is 0 Å².